The van der Waals surface area contributed by atoms with Crippen molar-refractivity contribution in [1.82, 2.24) is 24.7 Å². The number of piperidine rings is 2. The predicted molar refractivity (Wildman–Crippen MR) is 103 cm³/mol. The van der Waals surface area contributed by atoms with E-state index in [0.29, 0.717) is 13.0 Å². The van der Waals surface area contributed by atoms with Gasteiger partial charge in [0.05, 0.1) is 30.2 Å². The van der Waals surface area contributed by atoms with E-state index in [0.717, 1.165) is 50.3 Å². The van der Waals surface area contributed by atoms with E-state index in [4.69, 9.17) is 0 Å². The van der Waals surface area contributed by atoms with Gasteiger partial charge in [0.1, 0.15) is 0 Å². The van der Waals surface area contributed by atoms with Gasteiger partial charge in [-0.2, -0.15) is 0 Å². The second-order valence-electron chi connectivity index (χ2n) is 8.34. The summed E-state index contributed by atoms with van der Waals surface area (Å²) in [5, 5.41) is 0. The first-order valence-corrected chi connectivity index (χ1v) is 9.80. The molecule has 0 N–H and O–H groups in total. The van der Waals surface area contributed by atoms with Gasteiger partial charge < -0.3 is 9.80 Å². The quantitative estimate of drug-likeness (QED) is 0.799. The highest BCUT2D eigenvalue weighted by atomic mass is 16.2. The molecule has 2 fully saturated rings. The summed E-state index contributed by atoms with van der Waals surface area (Å²) in [5.74, 6) is 0.367. The lowest BCUT2D eigenvalue weighted by Crippen LogP contribution is -2.54. The Kier molecular flexibility index (Phi) is 5.79. The zero-order valence-corrected chi connectivity index (χ0v) is 16.9. The molecule has 7 nitrogen and oxygen atoms in total. The highest BCUT2D eigenvalue weighted by Crippen LogP contribution is 2.41. The zero-order chi connectivity index (χ0) is 19.6. The molecule has 148 valence electrons. The van der Waals surface area contributed by atoms with E-state index in [9.17, 15) is 9.59 Å². The molecule has 2 aliphatic heterocycles. The molecule has 0 unspecified atom stereocenters. The molecule has 1 aromatic rings. The first-order valence-electron chi connectivity index (χ1n) is 9.80. The number of amides is 2. The van der Waals surface area contributed by atoms with Crippen molar-refractivity contribution in [2.75, 3.05) is 33.7 Å². The Balaban J connectivity index is 1.61. The third kappa shape index (κ3) is 4.46. The standard InChI is InChI=1S/C20H31N5O2/c1-15-11-22-17(12-21-15)13-25-14-20(6-5-18(25)26)7-9-24(10-8-20)16(2)19(27)23(3)4/h11-12,16H,5-10,13-14H2,1-4H3/t16-/m1/s1. The second-order valence-corrected chi connectivity index (χ2v) is 8.34. The molecule has 2 aliphatic rings. The van der Waals surface area contributed by atoms with Crippen molar-refractivity contribution in [3.8, 4) is 0 Å². The number of likely N-dealkylation sites (N-methyl/N-ethyl adjacent to an activating group) is 1. The maximum Gasteiger partial charge on any atom is 0.239 e. The lowest BCUT2D eigenvalue weighted by molar-refractivity contribution is -0.141. The number of hydrogen-bond donors (Lipinski definition) is 0. The first kappa shape index (κ1) is 19.7. The van der Waals surface area contributed by atoms with Crippen LogP contribution in [0.4, 0.5) is 0 Å². The van der Waals surface area contributed by atoms with E-state index in [1.54, 1.807) is 17.3 Å². The molecule has 0 aliphatic carbocycles. The van der Waals surface area contributed by atoms with Crippen LogP contribution in [0.3, 0.4) is 0 Å². The summed E-state index contributed by atoms with van der Waals surface area (Å²) in [4.78, 5) is 39.3. The molecular formula is C20H31N5O2. The van der Waals surface area contributed by atoms with Gasteiger partial charge in [-0.1, -0.05) is 0 Å². The summed E-state index contributed by atoms with van der Waals surface area (Å²) in [6, 6.07) is -0.0819. The minimum atomic E-state index is -0.0819. The van der Waals surface area contributed by atoms with Crippen LogP contribution < -0.4 is 0 Å². The normalized spacial score (nSPS) is 21.3. The largest absolute Gasteiger partial charge is 0.347 e. The highest BCUT2D eigenvalue weighted by molar-refractivity contribution is 5.81. The summed E-state index contributed by atoms with van der Waals surface area (Å²) >= 11 is 0. The topological polar surface area (TPSA) is 69.6 Å². The summed E-state index contributed by atoms with van der Waals surface area (Å²) in [7, 11) is 3.62. The lowest BCUT2D eigenvalue weighted by Gasteiger charge is -2.48. The van der Waals surface area contributed by atoms with Gasteiger partial charge in [0.25, 0.3) is 0 Å². The number of aromatic nitrogens is 2. The number of carbonyl (C=O) groups excluding carboxylic acids is 2. The van der Waals surface area contributed by atoms with Crippen LogP contribution in [0.25, 0.3) is 0 Å². The molecule has 3 rings (SSSR count). The molecule has 0 radical (unpaired) electrons. The smallest absolute Gasteiger partial charge is 0.239 e. The average molecular weight is 374 g/mol. The van der Waals surface area contributed by atoms with Gasteiger partial charge in [0, 0.05) is 33.3 Å². The van der Waals surface area contributed by atoms with Gasteiger partial charge in [-0.3, -0.25) is 24.5 Å². The average Bonchev–Trinajstić information content (AvgIpc) is 2.66. The molecular weight excluding hydrogens is 342 g/mol. The van der Waals surface area contributed by atoms with Crippen molar-refractivity contribution in [2.45, 2.75) is 52.1 Å². The van der Waals surface area contributed by atoms with Crippen LogP contribution in [-0.4, -0.2) is 76.3 Å². The molecule has 0 aromatic carbocycles. The molecule has 7 heteroatoms. The van der Waals surface area contributed by atoms with Crippen LogP contribution in [0, 0.1) is 12.3 Å². The van der Waals surface area contributed by atoms with Crippen LogP contribution in [-0.2, 0) is 16.1 Å². The van der Waals surface area contributed by atoms with Crippen LogP contribution in [0.15, 0.2) is 12.4 Å². The maximum absolute atomic E-state index is 12.4. The van der Waals surface area contributed by atoms with Gasteiger partial charge in [-0.15, -0.1) is 0 Å². The Morgan fingerprint density at radius 2 is 1.93 bits per heavy atom. The molecule has 1 spiro atoms. The Morgan fingerprint density at radius 1 is 1.22 bits per heavy atom. The number of carbonyl (C=O) groups is 2. The van der Waals surface area contributed by atoms with E-state index in [-0.39, 0.29) is 23.3 Å². The summed E-state index contributed by atoms with van der Waals surface area (Å²) in [5.41, 5.74) is 1.89. The minimum absolute atomic E-state index is 0.0819. The van der Waals surface area contributed by atoms with Crippen molar-refractivity contribution in [3.63, 3.8) is 0 Å². The summed E-state index contributed by atoms with van der Waals surface area (Å²) in [6.07, 6.45) is 7.13. The SMILES string of the molecule is Cc1cnc(CN2CC3(CCC2=O)CCN([C@H](C)C(=O)N(C)C)CC3)cn1. The van der Waals surface area contributed by atoms with E-state index in [2.05, 4.69) is 14.9 Å². The summed E-state index contributed by atoms with van der Waals surface area (Å²) in [6.45, 7) is 7.04. The van der Waals surface area contributed by atoms with Crippen LogP contribution >= 0.6 is 0 Å². The second kappa shape index (κ2) is 7.92. The van der Waals surface area contributed by atoms with Gasteiger partial charge in [-0.05, 0) is 51.6 Å². The fraction of sp³-hybridized carbons (Fsp3) is 0.700. The Morgan fingerprint density at radius 3 is 2.52 bits per heavy atom. The Hall–Kier alpha value is -2.02. The Labute approximate surface area is 161 Å². The fourth-order valence-corrected chi connectivity index (χ4v) is 4.27. The Bertz CT molecular complexity index is 680. The third-order valence-corrected chi connectivity index (χ3v) is 6.14. The van der Waals surface area contributed by atoms with Crippen LogP contribution in [0.1, 0.15) is 44.0 Å². The van der Waals surface area contributed by atoms with Gasteiger partial charge in [-0.25, -0.2) is 0 Å². The molecule has 27 heavy (non-hydrogen) atoms. The molecule has 0 saturated carbocycles. The zero-order valence-electron chi connectivity index (χ0n) is 16.9. The predicted octanol–water partition coefficient (Wildman–Crippen LogP) is 1.47. The highest BCUT2D eigenvalue weighted by Gasteiger charge is 2.42. The number of hydrogen-bond acceptors (Lipinski definition) is 5. The lowest BCUT2D eigenvalue weighted by atomic mass is 9.72. The number of nitrogens with zero attached hydrogens (tertiary/aromatic N) is 5. The van der Waals surface area contributed by atoms with E-state index < -0.39 is 0 Å². The van der Waals surface area contributed by atoms with Crippen LogP contribution in [0.2, 0.25) is 0 Å². The van der Waals surface area contributed by atoms with E-state index >= 15 is 0 Å². The monoisotopic (exact) mass is 373 g/mol. The van der Waals surface area contributed by atoms with E-state index in [1.807, 2.05) is 32.8 Å². The van der Waals surface area contributed by atoms with Gasteiger partial charge >= 0.3 is 0 Å². The van der Waals surface area contributed by atoms with Crippen molar-refractivity contribution in [1.29, 1.82) is 0 Å². The number of aryl methyl sites for hydroxylation is 1. The van der Waals surface area contributed by atoms with Crippen molar-refractivity contribution >= 4 is 11.8 Å². The van der Waals surface area contributed by atoms with Crippen molar-refractivity contribution < 1.29 is 9.59 Å². The first-order chi connectivity index (χ1) is 12.8. The summed E-state index contributed by atoms with van der Waals surface area (Å²) < 4.78 is 0. The molecule has 2 amide bonds. The molecule has 0 bridgehead atoms. The number of rotatable bonds is 4. The molecule has 3 heterocycles. The molecule has 1 atom stereocenters. The van der Waals surface area contributed by atoms with Gasteiger partial charge in [0.2, 0.25) is 11.8 Å². The molecule has 1 aromatic heterocycles. The fourth-order valence-electron chi connectivity index (χ4n) is 4.27. The number of likely N-dealkylation sites (tertiary alicyclic amines) is 2. The van der Waals surface area contributed by atoms with E-state index in [1.165, 1.54) is 0 Å². The van der Waals surface area contributed by atoms with Crippen molar-refractivity contribution in [2.24, 2.45) is 5.41 Å². The maximum atomic E-state index is 12.4. The van der Waals surface area contributed by atoms with Gasteiger partial charge in [0.15, 0.2) is 0 Å². The third-order valence-electron chi connectivity index (χ3n) is 6.14. The van der Waals surface area contributed by atoms with Crippen LogP contribution in [0.5, 0.6) is 0 Å². The van der Waals surface area contributed by atoms with Crippen molar-refractivity contribution in [3.05, 3.63) is 23.8 Å². The molecule has 2 saturated heterocycles. The minimum Gasteiger partial charge on any atom is -0.347 e.